The van der Waals surface area contributed by atoms with Gasteiger partial charge < -0.3 is 9.42 Å². The van der Waals surface area contributed by atoms with Gasteiger partial charge in [-0.3, -0.25) is 9.48 Å². The summed E-state index contributed by atoms with van der Waals surface area (Å²) in [4.78, 5) is 13.8. The zero-order chi connectivity index (χ0) is 13.1. The first kappa shape index (κ1) is 12.3. The predicted molar refractivity (Wildman–Crippen MR) is 64.7 cm³/mol. The monoisotopic (exact) mass is 248 g/mol. The van der Waals surface area contributed by atoms with Gasteiger partial charge in [0.15, 0.2) is 0 Å². The van der Waals surface area contributed by atoms with Gasteiger partial charge in [-0.1, -0.05) is 5.16 Å². The molecule has 0 fully saturated rings. The largest absolute Gasteiger partial charge is 0.361 e. The lowest BCUT2D eigenvalue weighted by atomic mass is 10.3. The molecule has 0 bridgehead atoms. The van der Waals surface area contributed by atoms with Crippen molar-refractivity contribution < 1.29 is 9.32 Å². The van der Waals surface area contributed by atoms with Gasteiger partial charge in [0.05, 0.1) is 6.54 Å². The summed E-state index contributed by atoms with van der Waals surface area (Å²) in [5.74, 6) is 0.727. The molecule has 0 saturated heterocycles. The minimum absolute atomic E-state index is 0.0145. The van der Waals surface area contributed by atoms with E-state index >= 15 is 0 Å². The van der Waals surface area contributed by atoms with Gasteiger partial charge in [-0.2, -0.15) is 5.10 Å². The maximum atomic E-state index is 12.2. The van der Waals surface area contributed by atoms with Gasteiger partial charge in [-0.05, 0) is 19.9 Å². The molecular weight excluding hydrogens is 232 g/mol. The Balaban J connectivity index is 2.00. The molecule has 2 aromatic heterocycles. The highest BCUT2D eigenvalue weighted by molar-refractivity contribution is 5.79. The van der Waals surface area contributed by atoms with Crippen LogP contribution >= 0.6 is 0 Å². The van der Waals surface area contributed by atoms with Crippen LogP contribution in [0.15, 0.2) is 29.0 Å². The van der Waals surface area contributed by atoms with E-state index in [1.54, 1.807) is 35.1 Å². The minimum atomic E-state index is -0.321. The first-order chi connectivity index (χ1) is 8.58. The average Bonchev–Trinajstić information content (AvgIpc) is 2.98. The fraction of sp³-hybridized carbons (Fsp3) is 0.417. The van der Waals surface area contributed by atoms with Gasteiger partial charge in [-0.25, -0.2) is 0 Å². The maximum Gasteiger partial charge on any atom is 0.247 e. The van der Waals surface area contributed by atoms with E-state index in [4.69, 9.17) is 4.52 Å². The summed E-state index contributed by atoms with van der Waals surface area (Å²) < 4.78 is 6.60. The molecule has 0 aliphatic rings. The fourth-order valence-corrected chi connectivity index (χ4v) is 1.76. The van der Waals surface area contributed by atoms with E-state index in [0.29, 0.717) is 6.54 Å². The lowest BCUT2D eigenvalue weighted by Gasteiger charge is -2.20. The maximum absolute atomic E-state index is 12.2. The number of likely N-dealkylation sites (N-methyl/N-ethyl adjacent to an activating group) is 1. The molecule has 0 aromatic carbocycles. The number of rotatable bonds is 4. The molecule has 2 heterocycles. The number of carbonyl (C=O) groups excluding carboxylic acids is 1. The molecule has 0 radical (unpaired) electrons. The van der Waals surface area contributed by atoms with Crippen molar-refractivity contribution in [1.29, 1.82) is 0 Å². The quantitative estimate of drug-likeness (QED) is 0.820. The van der Waals surface area contributed by atoms with Crippen LogP contribution in [0.5, 0.6) is 0 Å². The van der Waals surface area contributed by atoms with Crippen LogP contribution in [0.1, 0.15) is 24.4 Å². The Bertz CT molecular complexity index is 518. The highest BCUT2D eigenvalue weighted by atomic mass is 16.5. The van der Waals surface area contributed by atoms with E-state index in [1.165, 1.54) is 0 Å². The molecule has 1 atom stereocenters. The van der Waals surface area contributed by atoms with Gasteiger partial charge in [0.2, 0.25) is 5.91 Å². The SMILES string of the molecule is Cc1cc(CN(C)C(=O)C(C)n2cccn2)no1. The van der Waals surface area contributed by atoms with Gasteiger partial charge in [0, 0.05) is 25.5 Å². The minimum Gasteiger partial charge on any atom is -0.361 e. The van der Waals surface area contributed by atoms with Crippen molar-refractivity contribution in [2.75, 3.05) is 7.05 Å². The summed E-state index contributed by atoms with van der Waals surface area (Å²) in [5, 5.41) is 7.93. The van der Waals surface area contributed by atoms with E-state index in [-0.39, 0.29) is 11.9 Å². The molecule has 0 aliphatic heterocycles. The third kappa shape index (κ3) is 2.58. The molecule has 96 valence electrons. The Labute approximate surface area is 105 Å². The first-order valence-corrected chi connectivity index (χ1v) is 5.74. The van der Waals surface area contributed by atoms with E-state index in [1.807, 2.05) is 19.9 Å². The molecule has 1 unspecified atom stereocenters. The number of carbonyl (C=O) groups is 1. The average molecular weight is 248 g/mol. The summed E-state index contributed by atoms with van der Waals surface area (Å²) in [6.07, 6.45) is 3.43. The van der Waals surface area contributed by atoms with E-state index < -0.39 is 0 Å². The van der Waals surface area contributed by atoms with E-state index in [2.05, 4.69) is 10.3 Å². The lowest BCUT2D eigenvalue weighted by Crippen LogP contribution is -2.33. The number of aromatic nitrogens is 3. The van der Waals surface area contributed by atoms with Crippen molar-refractivity contribution in [2.24, 2.45) is 0 Å². The van der Waals surface area contributed by atoms with Crippen molar-refractivity contribution in [3.63, 3.8) is 0 Å². The molecule has 18 heavy (non-hydrogen) atoms. The smallest absolute Gasteiger partial charge is 0.247 e. The number of nitrogens with zero attached hydrogens (tertiary/aromatic N) is 4. The first-order valence-electron chi connectivity index (χ1n) is 5.74. The van der Waals surface area contributed by atoms with E-state index in [0.717, 1.165) is 11.5 Å². The molecule has 6 nitrogen and oxygen atoms in total. The van der Waals surface area contributed by atoms with Crippen molar-refractivity contribution in [2.45, 2.75) is 26.4 Å². The van der Waals surface area contributed by atoms with E-state index in [9.17, 15) is 4.79 Å². The molecule has 0 aliphatic carbocycles. The molecule has 0 saturated carbocycles. The number of hydrogen-bond donors (Lipinski definition) is 0. The fourth-order valence-electron chi connectivity index (χ4n) is 1.76. The highest BCUT2D eigenvalue weighted by Gasteiger charge is 2.20. The summed E-state index contributed by atoms with van der Waals surface area (Å²) in [5.41, 5.74) is 0.746. The summed E-state index contributed by atoms with van der Waals surface area (Å²) in [7, 11) is 1.74. The second kappa shape index (κ2) is 5.03. The van der Waals surface area contributed by atoms with Crippen molar-refractivity contribution in [3.05, 3.63) is 36.0 Å². The van der Waals surface area contributed by atoms with Gasteiger partial charge >= 0.3 is 0 Å². The third-order valence-corrected chi connectivity index (χ3v) is 2.73. The summed E-state index contributed by atoms with van der Waals surface area (Å²) in [6, 6.07) is 3.30. The van der Waals surface area contributed by atoms with Crippen LogP contribution in [0.4, 0.5) is 0 Å². The molecule has 2 rings (SSSR count). The van der Waals surface area contributed by atoms with Crippen LogP contribution < -0.4 is 0 Å². The Hall–Kier alpha value is -2.11. The lowest BCUT2D eigenvalue weighted by molar-refractivity contribution is -0.133. The Morgan fingerprint density at radius 2 is 2.39 bits per heavy atom. The number of hydrogen-bond acceptors (Lipinski definition) is 4. The number of amides is 1. The van der Waals surface area contributed by atoms with Crippen molar-refractivity contribution in [1.82, 2.24) is 19.8 Å². The van der Waals surface area contributed by atoms with Crippen LogP contribution in [-0.4, -0.2) is 32.8 Å². The zero-order valence-corrected chi connectivity index (χ0v) is 10.7. The van der Waals surface area contributed by atoms with Crippen molar-refractivity contribution >= 4 is 5.91 Å². The normalized spacial score (nSPS) is 12.4. The molecule has 2 aromatic rings. The van der Waals surface area contributed by atoms with Crippen LogP contribution in [-0.2, 0) is 11.3 Å². The Morgan fingerprint density at radius 3 is 2.94 bits per heavy atom. The van der Waals surface area contributed by atoms with Crippen LogP contribution in [0.25, 0.3) is 0 Å². The Morgan fingerprint density at radius 1 is 1.61 bits per heavy atom. The summed E-state index contributed by atoms with van der Waals surface area (Å²) >= 11 is 0. The molecule has 0 N–H and O–H groups in total. The standard InChI is InChI=1S/C12H16N4O2/c1-9-7-11(14-18-9)8-15(3)12(17)10(2)16-6-4-5-13-16/h4-7,10H,8H2,1-3H3. The molecule has 1 amide bonds. The highest BCUT2D eigenvalue weighted by Crippen LogP contribution is 2.10. The molecular formula is C12H16N4O2. The second-order valence-electron chi connectivity index (χ2n) is 4.29. The zero-order valence-electron chi connectivity index (χ0n) is 10.7. The van der Waals surface area contributed by atoms with Gasteiger partial charge in [0.25, 0.3) is 0 Å². The summed E-state index contributed by atoms with van der Waals surface area (Å²) in [6.45, 7) is 4.08. The topological polar surface area (TPSA) is 64.2 Å². The van der Waals surface area contributed by atoms with Gasteiger partial charge in [-0.15, -0.1) is 0 Å². The molecule has 0 spiro atoms. The van der Waals surface area contributed by atoms with Crippen LogP contribution in [0.2, 0.25) is 0 Å². The number of aryl methyl sites for hydroxylation is 1. The van der Waals surface area contributed by atoms with Crippen LogP contribution in [0.3, 0.4) is 0 Å². The second-order valence-corrected chi connectivity index (χ2v) is 4.29. The van der Waals surface area contributed by atoms with Crippen molar-refractivity contribution in [3.8, 4) is 0 Å². The predicted octanol–water partition coefficient (Wildman–Crippen LogP) is 1.40. The molecule has 6 heteroatoms. The third-order valence-electron chi connectivity index (χ3n) is 2.73. The van der Waals surface area contributed by atoms with Gasteiger partial charge in [0.1, 0.15) is 17.5 Å². The van der Waals surface area contributed by atoms with Crippen LogP contribution in [0, 0.1) is 6.92 Å². The Kier molecular flexibility index (Phi) is 3.45.